The zero-order valence-electron chi connectivity index (χ0n) is 27.1. The third-order valence-corrected chi connectivity index (χ3v) is 8.24. The number of aromatic amines is 1. The summed E-state index contributed by atoms with van der Waals surface area (Å²) in [5, 5.41) is 7.57. The Morgan fingerprint density at radius 1 is 0.333 bits per heavy atom. The quantitative estimate of drug-likeness (QED) is 0.208. The predicted octanol–water partition coefficient (Wildman–Crippen LogP) is 12.6. The summed E-state index contributed by atoms with van der Waals surface area (Å²) >= 11 is 0. The lowest BCUT2D eigenvalue weighted by Gasteiger charge is -2.09. The first-order chi connectivity index (χ1) is 22.3. The van der Waals surface area contributed by atoms with E-state index in [2.05, 4.69) is 148 Å². The minimum Gasteiger partial charge on any atom is -0.355 e. The van der Waals surface area contributed by atoms with Crippen LogP contribution in [0.2, 0.25) is 0 Å². The van der Waals surface area contributed by atoms with Crippen LogP contribution in [0.5, 0.6) is 0 Å². The zero-order valence-corrected chi connectivity index (χ0v) is 27.1. The molecular weight excluding hydrogens is 546 g/mol. The molecule has 3 aromatic heterocycles. The van der Waals surface area contributed by atoms with Crippen LogP contribution in [-0.2, 0) is 0 Å². The van der Waals surface area contributed by atoms with Gasteiger partial charge in [0.2, 0.25) is 0 Å². The summed E-state index contributed by atoms with van der Waals surface area (Å²) in [4.78, 5) is 3.65. The van der Waals surface area contributed by atoms with E-state index in [1.807, 2.05) is 41.5 Å². The smallest absolute Gasteiger partial charge is 0.0541 e. The summed E-state index contributed by atoms with van der Waals surface area (Å²) in [7, 11) is 0. The van der Waals surface area contributed by atoms with Gasteiger partial charge in [0.15, 0.2) is 0 Å². The number of rotatable bonds is 2. The molecule has 224 valence electrons. The normalized spacial score (nSPS) is 10.9. The van der Waals surface area contributed by atoms with Crippen LogP contribution in [0, 0.1) is 0 Å². The van der Waals surface area contributed by atoms with Gasteiger partial charge in [-0.1, -0.05) is 114 Å². The highest BCUT2D eigenvalue weighted by atomic mass is 15.0. The fraction of sp³-hybridized carbons (Fsp3) is 0.143. The fourth-order valence-electron chi connectivity index (χ4n) is 6.55. The predicted molar refractivity (Wildman–Crippen MR) is 199 cm³/mol. The van der Waals surface area contributed by atoms with E-state index in [-0.39, 0.29) is 0 Å². The lowest BCUT2D eigenvalue weighted by molar-refractivity contribution is 1.18. The second-order valence-electron chi connectivity index (χ2n) is 10.3. The Bertz CT molecular complexity index is 2120. The third kappa shape index (κ3) is 4.76. The first-order valence-corrected chi connectivity index (χ1v) is 16.4. The van der Waals surface area contributed by atoms with Crippen molar-refractivity contribution in [2.45, 2.75) is 41.5 Å². The Labute approximate surface area is 265 Å². The fourth-order valence-corrected chi connectivity index (χ4v) is 6.55. The molecule has 0 fully saturated rings. The molecule has 3 heterocycles. The molecule has 0 spiro atoms. The van der Waals surface area contributed by atoms with Crippen LogP contribution in [-0.4, -0.2) is 14.1 Å². The highest BCUT2D eigenvalue weighted by molar-refractivity contribution is 6.13. The van der Waals surface area contributed by atoms with Gasteiger partial charge in [-0.2, -0.15) is 0 Å². The number of nitrogens with one attached hydrogen (secondary N) is 1. The second kappa shape index (κ2) is 12.8. The van der Waals surface area contributed by atoms with Gasteiger partial charge in [0, 0.05) is 54.7 Å². The average molecular weight is 588 g/mol. The van der Waals surface area contributed by atoms with Gasteiger partial charge in [0.25, 0.3) is 0 Å². The van der Waals surface area contributed by atoms with Crippen LogP contribution >= 0.6 is 0 Å². The number of hydrogen-bond donors (Lipinski definition) is 1. The molecule has 9 aromatic rings. The Morgan fingerprint density at radius 3 is 0.933 bits per heavy atom. The zero-order chi connectivity index (χ0) is 31.5. The standard InChI is InChI=1S/C36H23N3.3C2H6/c1-5-13-33-25(9-1)26-10-2-6-14-34(26)38(33)23-17-19-31-29(21-23)30-22-24(18-20-32(30)37-31)39-35-15-7-3-11-27(35)28-12-4-8-16-36(28)39;3*1-2/h1-22,37H;3*1-2H3. The molecule has 1 N–H and O–H groups in total. The van der Waals surface area contributed by atoms with Crippen molar-refractivity contribution in [2.75, 3.05) is 0 Å². The first-order valence-electron chi connectivity index (χ1n) is 16.4. The molecule has 0 radical (unpaired) electrons. The van der Waals surface area contributed by atoms with E-state index in [0.29, 0.717) is 0 Å². The number of para-hydroxylation sites is 4. The van der Waals surface area contributed by atoms with Crippen molar-refractivity contribution in [1.82, 2.24) is 14.1 Å². The molecule has 0 aliphatic rings. The molecule has 0 aliphatic carbocycles. The largest absolute Gasteiger partial charge is 0.355 e. The van der Waals surface area contributed by atoms with Crippen LogP contribution in [0.3, 0.4) is 0 Å². The van der Waals surface area contributed by atoms with Gasteiger partial charge in [0.05, 0.1) is 22.1 Å². The van der Waals surface area contributed by atoms with Gasteiger partial charge >= 0.3 is 0 Å². The Hall–Kier alpha value is -5.28. The highest BCUT2D eigenvalue weighted by Gasteiger charge is 2.15. The topological polar surface area (TPSA) is 25.6 Å². The number of H-pyrrole nitrogens is 1. The van der Waals surface area contributed by atoms with E-state index in [9.17, 15) is 0 Å². The molecule has 45 heavy (non-hydrogen) atoms. The second-order valence-corrected chi connectivity index (χ2v) is 10.3. The summed E-state index contributed by atoms with van der Waals surface area (Å²) in [6, 6.07) is 48.3. The number of aromatic nitrogens is 3. The number of benzene rings is 6. The average Bonchev–Trinajstić information content (AvgIpc) is 3.78. The van der Waals surface area contributed by atoms with Gasteiger partial charge in [-0.15, -0.1) is 0 Å². The van der Waals surface area contributed by atoms with Crippen molar-refractivity contribution in [1.29, 1.82) is 0 Å². The van der Waals surface area contributed by atoms with Gasteiger partial charge < -0.3 is 14.1 Å². The first kappa shape index (κ1) is 29.8. The van der Waals surface area contributed by atoms with Crippen LogP contribution in [0.15, 0.2) is 133 Å². The van der Waals surface area contributed by atoms with E-state index in [1.54, 1.807) is 0 Å². The molecule has 6 aromatic carbocycles. The minimum atomic E-state index is 1.15. The monoisotopic (exact) mass is 587 g/mol. The molecule has 3 nitrogen and oxygen atoms in total. The molecule has 0 saturated carbocycles. The van der Waals surface area contributed by atoms with Crippen molar-refractivity contribution in [3.05, 3.63) is 133 Å². The van der Waals surface area contributed by atoms with Gasteiger partial charge in [-0.05, 0) is 60.7 Å². The Morgan fingerprint density at radius 2 is 0.622 bits per heavy atom. The Kier molecular flexibility index (Phi) is 8.44. The maximum absolute atomic E-state index is 3.65. The van der Waals surface area contributed by atoms with Crippen molar-refractivity contribution < 1.29 is 0 Å². The maximum atomic E-state index is 3.65. The molecular formula is C42H41N3. The summed E-state index contributed by atoms with van der Waals surface area (Å²) in [6.07, 6.45) is 0. The van der Waals surface area contributed by atoms with Crippen LogP contribution in [0.1, 0.15) is 41.5 Å². The van der Waals surface area contributed by atoms with Crippen molar-refractivity contribution in [3.63, 3.8) is 0 Å². The lowest BCUT2D eigenvalue weighted by atomic mass is 10.1. The van der Waals surface area contributed by atoms with Crippen LogP contribution in [0.25, 0.3) is 76.8 Å². The highest BCUT2D eigenvalue weighted by Crippen LogP contribution is 2.36. The van der Waals surface area contributed by atoms with E-state index in [0.717, 1.165) is 11.0 Å². The van der Waals surface area contributed by atoms with E-state index in [1.165, 1.54) is 65.8 Å². The maximum Gasteiger partial charge on any atom is 0.0541 e. The van der Waals surface area contributed by atoms with Crippen molar-refractivity contribution >= 4 is 65.4 Å². The van der Waals surface area contributed by atoms with Crippen molar-refractivity contribution in [2.24, 2.45) is 0 Å². The van der Waals surface area contributed by atoms with Crippen LogP contribution in [0.4, 0.5) is 0 Å². The minimum absolute atomic E-state index is 1.15. The third-order valence-electron chi connectivity index (χ3n) is 8.24. The van der Waals surface area contributed by atoms with Crippen LogP contribution < -0.4 is 0 Å². The SMILES string of the molecule is CC.CC.CC.c1ccc2c(c1)c1ccccc1n2-c1ccc2[nH]c3ccc(-n4c5ccccc5c5ccccc54)cc3c2c1. The summed E-state index contributed by atoms with van der Waals surface area (Å²) < 4.78 is 4.78. The number of hydrogen-bond acceptors (Lipinski definition) is 0. The molecule has 0 amide bonds. The summed E-state index contributed by atoms with van der Waals surface area (Å²) in [5.41, 5.74) is 9.54. The molecule has 0 bridgehead atoms. The summed E-state index contributed by atoms with van der Waals surface area (Å²) in [6.45, 7) is 12.0. The van der Waals surface area contributed by atoms with Gasteiger partial charge in [-0.25, -0.2) is 0 Å². The number of fused-ring (bicyclic) bond motifs is 9. The van der Waals surface area contributed by atoms with E-state index in [4.69, 9.17) is 0 Å². The van der Waals surface area contributed by atoms with E-state index < -0.39 is 0 Å². The molecule has 0 unspecified atom stereocenters. The lowest BCUT2D eigenvalue weighted by Crippen LogP contribution is -1.94. The molecule has 0 atom stereocenters. The molecule has 0 saturated heterocycles. The number of nitrogens with zero attached hydrogens (tertiary/aromatic N) is 2. The van der Waals surface area contributed by atoms with Crippen molar-refractivity contribution in [3.8, 4) is 11.4 Å². The van der Waals surface area contributed by atoms with E-state index >= 15 is 0 Å². The Balaban J connectivity index is 0.000000565. The summed E-state index contributed by atoms with van der Waals surface area (Å²) in [5.74, 6) is 0. The molecule has 3 heteroatoms. The molecule has 0 aliphatic heterocycles. The van der Waals surface area contributed by atoms with Gasteiger partial charge in [0.1, 0.15) is 0 Å². The molecule has 9 rings (SSSR count). The van der Waals surface area contributed by atoms with Gasteiger partial charge in [-0.3, -0.25) is 0 Å².